The number of carbonyl (C=O) groups is 1. The van der Waals surface area contributed by atoms with Crippen LogP contribution >= 0.6 is 0 Å². The standard InChI is InChI=1S/C13H16N2O/c1-9(13(14)16)6-7-10-8-15-12-5-3-2-4-11(10)12/h2-5,8-9,15H,6-7H2,1H3,(H2,14,16). The second-order valence-electron chi connectivity index (χ2n) is 4.20. The molecule has 2 aromatic rings. The largest absolute Gasteiger partial charge is 0.369 e. The first-order chi connectivity index (χ1) is 7.68. The monoisotopic (exact) mass is 216 g/mol. The van der Waals surface area contributed by atoms with E-state index < -0.39 is 0 Å². The van der Waals surface area contributed by atoms with Gasteiger partial charge in [0.25, 0.3) is 0 Å². The molecule has 0 bridgehead atoms. The SMILES string of the molecule is CC(CCc1c[nH]c2ccccc12)C(N)=O. The first-order valence-electron chi connectivity index (χ1n) is 5.53. The van der Waals surface area contributed by atoms with Gasteiger partial charge in [-0.3, -0.25) is 4.79 Å². The molecule has 1 unspecified atom stereocenters. The molecule has 3 heteroatoms. The molecule has 1 aromatic carbocycles. The van der Waals surface area contributed by atoms with Crippen LogP contribution in [0.2, 0.25) is 0 Å². The fourth-order valence-electron chi connectivity index (χ4n) is 1.85. The van der Waals surface area contributed by atoms with Crippen LogP contribution in [-0.2, 0) is 11.2 Å². The molecular formula is C13H16N2O. The van der Waals surface area contributed by atoms with Gasteiger partial charge in [-0.1, -0.05) is 25.1 Å². The van der Waals surface area contributed by atoms with E-state index in [-0.39, 0.29) is 11.8 Å². The van der Waals surface area contributed by atoms with Gasteiger partial charge >= 0.3 is 0 Å². The third-order valence-corrected chi connectivity index (χ3v) is 3.01. The fraction of sp³-hybridized carbons (Fsp3) is 0.308. The lowest BCUT2D eigenvalue weighted by Crippen LogP contribution is -2.20. The molecule has 0 aliphatic rings. The molecule has 1 aromatic heterocycles. The van der Waals surface area contributed by atoms with E-state index in [1.165, 1.54) is 10.9 Å². The Labute approximate surface area is 94.6 Å². The molecule has 16 heavy (non-hydrogen) atoms. The van der Waals surface area contributed by atoms with Crippen molar-refractivity contribution in [1.29, 1.82) is 0 Å². The summed E-state index contributed by atoms with van der Waals surface area (Å²) in [6, 6.07) is 8.18. The second-order valence-corrected chi connectivity index (χ2v) is 4.20. The van der Waals surface area contributed by atoms with Crippen LogP contribution in [0.25, 0.3) is 10.9 Å². The number of aromatic amines is 1. The summed E-state index contributed by atoms with van der Waals surface area (Å²) in [5, 5.41) is 1.24. The van der Waals surface area contributed by atoms with Gasteiger partial charge in [0, 0.05) is 23.0 Å². The molecule has 0 aliphatic heterocycles. The van der Waals surface area contributed by atoms with Gasteiger partial charge in [0.15, 0.2) is 0 Å². The number of nitrogens with one attached hydrogen (secondary N) is 1. The molecule has 0 radical (unpaired) electrons. The smallest absolute Gasteiger partial charge is 0.220 e. The molecule has 0 saturated heterocycles. The predicted octanol–water partition coefficient (Wildman–Crippen LogP) is 2.22. The molecule has 84 valence electrons. The summed E-state index contributed by atoms with van der Waals surface area (Å²) in [4.78, 5) is 14.2. The summed E-state index contributed by atoms with van der Waals surface area (Å²) in [5.74, 6) is -0.284. The van der Waals surface area contributed by atoms with Crippen LogP contribution < -0.4 is 5.73 Å². The average molecular weight is 216 g/mol. The number of aryl methyl sites for hydroxylation is 1. The van der Waals surface area contributed by atoms with Crippen molar-refractivity contribution in [2.45, 2.75) is 19.8 Å². The highest BCUT2D eigenvalue weighted by molar-refractivity contribution is 5.83. The third-order valence-electron chi connectivity index (χ3n) is 3.01. The Hall–Kier alpha value is -1.77. The van der Waals surface area contributed by atoms with E-state index in [2.05, 4.69) is 17.1 Å². The number of amides is 1. The van der Waals surface area contributed by atoms with Crippen LogP contribution in [0.15, 0.2) is 30.5 Å². The zero-order valence-corrected chi connectivity index (χ0v) is 9.36. The van der Waals surface area contributed by atoms with Gasteiger partial charge in [-0.15, -0.1) is 0 Å². The normalized spacial score (nSPS) is 12.8. The Morgan fingerprint density at radius 1 is 1.44 bits per heavy atom. The van der Waals surface area contributed by atoms with Crippen LogP contribution in [-0.4, -0.2) is 10.9 Å². The first-order valence-corrected chi connectivity index (χ1v) is 5.53. The topological polar surface area (TPSA) is 58.9 Å². The number of fused-ring (bicyclic) bond motifs is 1. The van der Waals surface area contributed by atoms with Gasteiger partial charge in [0.2, 0.25) is 5.91 Å². The highest BCUT2D eigenvalue weighted by Gasteiger charge is 2.10. The zero-order valence-electron chi connectivity index (χ0n) is 9.36. The molecule has 3 N–H and O–H groups in total. The molecule has 2 rings (SSSR count). The van der Waals surface area contributed by atoms with Crippen molar-refractivity contribution in [2.75, 3.05) is 0 Å². The minimum Gasteiger partial charge on any atom is -0.369 e. The van der Waals surface area contributed by atoms with Crippen LogP contribution in [0.3, 0.4) is 0 Å². The Balaban J connectivity index is 2.13. The molecule has 0 spiro atoms. The number of nitrogens with two attached hydrogens (primary N) is 1. The molecular weight excluding hydrogens is 200 g/mol. The number of rotatable bonds is 4. The number of primary amides is 1. The highest BCUT2D eigenvalue weighted by Crippen LogP contribution is 2.20. The van der Waals surface area contributed by atoms with Crippen molar-refractivity contribution in [2.24, 2.45) is 11.7 Å². The van der Waals surface area contributed by atoms with Gasteiger partial charge in [0.1, 0.15) is 0 Å². The summed E-state index contributed by atoms with van der Waals surface area (Å²) >= 11 is 0. The lowest BCUT2D eigenvalue weighted by molar-refractivity contribution is -0.121. The fourth-order valence-corrected chi connectivity index (χ4v) is 1.85. The zero-order chi connectivity index (χ0) is 11.5. The number of carbonyl (C=O) groups excluding carboxylic acids is 1. The molecule has 1 amide bonds. The lowest BCUT2D eigenvalue weighted by Gasteiger charge is -2.05. The quantitative estimate of drug-likeness (QED) is 0.808. The van der Waals surface area contributed by atoms with Crippen LogP contribution in [0.5, 0.6) is 0 Å². The van der Waals surface area contributed by atoms with Crippen molar-refractivity contribution < 1.29 is 4.79 Å². The highest BCUT2D eigenvalue weighted by atomic mass is 16.1. The Kier molecular flexibility index (Phi) is 2.95. The number of H-pyrrole nitrogens is 1. The van der Waals surface area contributed by atoms with E-state index in [0.29, 0.717) is 0 Å². The Morgan fingerprint density at radius 3 is 2.94 bits per heavy atom. The van der Waals surface area contributed by atoms with Gasteiger partial charge in [-0.05, 0) is 24.5 Å². The molecule has 0 fully saturated rings. The number of aromatic nitrogens is 1. The van der Waals surface area contributed by atoms with E-state index in [1.54, 1.807) is 0 Å². The van der Waals surface area contributed by atoms with Gasteiger partial charge in [-0.2, -0.15) is 0 Å². The molecule has 3 nitrogen and oxygen atoms in total. The van der Waals surface area contributed by atoms with E-state index in [4.69, 9.17) is 5.73 Å². The maximum absolute atomic E-state index is 10.9. The van der Waals surface area contributed by atoms with Crippen LogP contribution in [0.4, 0.5) is 0 Å². The summed E-state index contributed by atoms with van der Waals surface area (Å²) < 4.78 is 0. The minimum atomic E-state index is -0.222. The minimum absolute atomic E-state index is 0.0614. The summed E-state index contributed by atoms with van der Waals surface area (Å²) in [7, 11) is 0. The Bertz CT molecular complexity index is 501. The van der Waals surface area contributed by atoms with E-state index >= 15 is 0 Å². The summed E-state index contributed by atoms with van der Waals surface area (Å²) in [6.45, 7) is 1.87. The van der Waals surface area contributed by atoms with E-state index in [9.17, 15) is 4.79 Å². The number of hydrogen-bond donors (Lipinski definition) is 2. The third kappa shape index (κ3) is 2.08. The molecule has 0 aliphatic carbocycles. The predicted molar refractivity (Wildman–Crippen MR) is 65.0 cm³/mol. The maximum atomic E-state index is 10.9. The van der Waals surface area contributed by atoms with Gasteiger partial charge in [0.05, 0.1) is 0 Å². The van der Waals surface area contributed by atoms with Crippen LogP contribution in [0, 0.1) is 5.92 Å². The lowest BCUT2D eigenvalue weighted by atomic mass is 10.0. The van der Waals surface area contributed by atoms with Gasteiger partial charge < -0.3 is 10.7 Å². The van der Waals surface area contributed by atoms with Crippen molar-refractivity contribution in [3.8, 4) is 0 Å². The summed E-state index contributed by atoms with van der Waals surface area (Å²) in [6.07, 6.45) is 3.70. The molecule has 0 saturated carbocycles. The number of hydrogen-bond acceptors (Lipinski definition) is 1. The number of benzene rings is 1. The van der Waals surface area contributed by atoms with Gasteiger partial charge in [-0.25, -0.2) is 0 Å². The van der Waals surface area contributed by atoms with E-state index in [0.717, 1.165) is 18.4 Å². The molecule has 1 heterocycles. The first kappa shape index (κ1) is 10.7. The Morgan fingerprint density at radius 2 is 2.19 bits per heavy atom. The van der Waals surface area contributed by atoms with Crippen molar-refractivity contribution in [3.63, 3.8) is 0 Å². The second kappa shape index (κ2) is 4.39. The van der Waals surface area contributed by atoms with Crippen molar-refractivity contribution in [3.05, 3.63) is 36.0 Å². The average Bonchev–Trinajstić information content (AvgIpc) is 2.69. The van der Waals surface area contributed by atoms with Crippen molar-refractivity contribution in [1.82, 2.24) is 4.98 Å². The molecule has 1 atom stereocenters. The summed E-state index contributed by atoms with van der Waals surface area (Å²) in [5.41, 5.74) is 7.64. The van der Waals surface area contributed by atoms with Crippen molar-refractivity contribution >= 4 is 16.8 Å². The number of para-hydroxylation sites is 1. The van der Waals surface area contributed by atoms with E-state index in [1.807, 2.05) is 25.3 Å². The van der Waals surface area contributed by atoms with Crippen LogP contribution in [0.1, 0.15) is 18.9 Å². The maximum Gasteiger partial charge on any atom is 0.220 e.